The average molecular weight is 342 g/mol. The highest BCUT2D eigenvalue weighted by Gasteiger charge is 2.12. The normalized spacial score (nSPS) is 10.6. The predicted octanol–water partition coefficient (Wildman–Crippen LogP) is 2.92. The summed E-state index contributed by atoms with van der Waals surface area (Å²) in [6.45, 7) is 0. The van der Waals surface area contributed by atoms with E-state index in [1.165, 1.54) is 6.20 Å². The molecule has 0 saturated carbocycles. The molecule has 0 unspecified atom stereocenters. The molecule has 2 heterocycles. The molecule has 7 heteroatoms. The van der Waals surface area contributed by atoms with E-state index in [0.29, 0.717) is 11.4 Å². The summed E-state index contributed by atoms with van der Waals surface area (Å²) in [5.41, 5.74) is 6.99. The Morgan fingerprint density at radius 2 is 1.77 bits per heavy atom. The highest BCUT2D eigenvalue weighted by atomic mass is 16.1. The van der Waals surface area contributed by atoms with E-state index in [-0.39, 0.29) is 17.8 Å². The number of aromatic nitrogens is 4. The Bertz CT molecular complexity index is 1100. The lowest BCUT2D eigenvalue weighted by Crippen LogP contribution is -2.16. The van der Waals surface area contributed by atoms with Crippen molar-refractivity contribution in [3.63, 3.8) is 0 Å². The van der Waals surface area contributed by atoms with Gasteiger partial charge in [0, 0.05) is 18.0 Å². The lowest BCUT2D eigenvalue weighted by atomic mass is 10.1. The van der Waals surface area contributed by atoms with Crippen molar-refractivity contribution in [3.05, 3.63) is 72.6 Å². The highest BCUT2D eigenvalue weighted by molar-refractivity contribution is 6.03. The number of nitrogens with two attached hydrogens (primary N) is 1. The zero-order chi connectivity index (χ0) is 17.9. The first-order valence-corrected chi connectivity index (χ1v) is 7.91. The summed E-state index contributed by atoms with van der Waals surface area (Å²) in [6, 6.07) is 17.2. The van der Waals surface area contributed by atoms with E-state index in [9.17, 15) is 4.79 Å². The Kier molecular flexibility index (Phi) is 3.95. The Balaban J connectivity index is 1.68. The molecular weight excluding hydrogens is 328 g/mol. The smallest absolute Gasteiger partial charge is 0.259 e. The molecule has 1 amide bonds. The number of benzene rings is 2. The summed E-state index contributed by atoms with van der Waals surface area (Å²) in [5.74, 6) is 0.150. The highest BCUT2D eigenvalue weighted by Crippen LogP contribution is 2.23. The molecule has 0 fully saturated rings. The Morgan fingerprint density at radius 1 is 0.923 bits per heavy atom. The Morgan fingerprint density at radius 3 is 2.58 bits per heavy atom. The minimum absolute atomic E-state index is 0.0321. The number of nitrogens with one attached hydrogen (secondary N) is 1. The number of nitrogen functional groups attached to an aromatic ring is 1. The van der Waals surface area contributed by atoms with E-state index < -0.39 is 0 Å². The second-order valence-electron chi connectivity index (χ2n) is 5.60. The van der Waals surface area contributed by atoms with Gasteiger partial charge in [0.15, 0.2) is 5.82 Å². The third kappa shape index (κ3) is 3.18. The largest absolute Gasteiger partial charge is 0.368 e. The molecule has 0 bridgehead atoms. The molecule has 0 aliphatic carbocycles. The van der Waals surface area contributed by atoms with Gasteiger partial charge in [-0.05, 0) is 29.0 Å². The first-order chi connectivity index (χ1) is 12.7. The number of fused-ring (bicyclic) bond motifs is 1. The van der Waals surface area contributed by atoms with E-state index >= 15 is 0 Å². The van der Waals surface area contributed by atoms with E-state index in [0.717, 1.165) is 16.3 Å². The third-order valence-corrected chi connectivity index (χ3v) is 3.81. The number of rotatable bonds is 3. The average Bonchev–Trinajstić information content (AvgIpc) is 2.68. The fourth-order valence-corrected chi connectivity index (χ4v) is 2.58. The van der Waals surface area contributed by atoms with Gasteiger partial charge in [-0.25, -0.2) is 0 Å². The quantitative estimate of drug-likeness (QED) is 0.593. The maximum Gasteiger partial charge on any atom is 0.259 e. The molecule has 0 aliphatic rings. The lowest BCUT2D eigenvalue weighted by molar-refractivity contribution is 0.102. The minimum atomic E-state index is -0.367. The molecular formula is C19H14N6O. The molecule has 0 radical (unpaired) electrons. The van der Waals surface area contributed by atoms with Crippen LogP contribution in [0.15, 0.2) is 67.0 Å². The second-order valence-corrected chi connectivity index (χ2v) is 5.60. The van der Waals surface area contributed by atoms with Gasteiger partial charge in [-0.3, -0.25) is 15.1 Å². The maximum absolute atomic E-state index is 12.3. The summed E-state index contributed by atoms with van der Waals surface area (Å²) in [4.78, 5) is 28.7. The SMILES string of the molecule is Nc1nc(NC(=O)c2cccnc2)nc(-c2ccc3ccccc3c2)n1. The molecule has 0 spiro atoms. The van der Waals surface area contributed by atoms with Crippen molar-refractivity contribution in [2.45, 2.75) is 0 Å². The summed E-state index contributed by atoms with van der Waals surface area (Å²) in [6.07, 6.45) is 3.06. The molecule has 3 N–H and O–H groups in total. The number of anilines is 2. The Hall–Kier alpha value is -3.87. The molecule has 126 valence electrons. The topological polar surface area (TPSA) is 107 Å². The standard InChI is InChI=1S/C19H14N6O/c20-18-22-16(14-8-7-12-4-1-2-5-13(12)10-14)23-19(25-18)24-17(26)15-6-3-9-21-11-15/h1-11H,(H3,20,22,23,24,25,26). The molecule has 7 nitrogen and oxygen atoms in total. The van der Waals surface area contributed by atoms with Crippen LogP contribution in [0.3, 0.4) is 0 Å². The van der Waals surface area contributed by atoms with Crippen LogP contribution in [0.5, 0.6) is 0 Å². The zero-order valence-corrected chi connectivity index (χ0v) is 13.6. The van der Waals surface area contributed by atoms with Crippen LogP contribution >= 0.6 is 0 Å². The first kappa shape index (κ1) is 15.6. The zero-order valence-electron chi connectivity index (χ0n) is 13.6. The first-order valence-electron chi connectivity index (χ1n) is 7.91. The minimum Gasteiger partial charge on any atom is -0.368 e. The van der Waals surface area contributed by atoms with Crippen molar-refractivity contribution in [3.8, 4) is 11.4 Å². The van der Waals surface area contributed by atoms with Crippen LogP contribution in [0.1, 0.15) is 10.4 Å². The molecule has 26 heavy (non-hydrogen) atoms. The van der Waals surface area contributed by atoms with E-state index in [1.807, 2.05) is 42.5 Å². The van der Waals surface area contributed by atoms with Gasteiger partial charge in [0.2, 0.25) is 11.9 Å². The molecule has 2 aromatic carbocycles. The third-order valence-electron chi connectivity index (χ3n) is 3.81. The van der Waals surface area contributed by atoms with E-state index in [2.05, 4.69) is 25.3 Å². The molecule has 2 aromatic heterocycles. The summed E-state index contributed by atoms with van der Waals surface area (Å²) < 4.78 is 0. The number of hydrogen-bond acceptors (Lipinski definition) is 6. The number of carbonyl (C=O) groups excluding carboxylic acids is 1. The fourth-order valence-electron chi connectivity index (χ4n) is 2.58. The van der Waals surface area contributed by atoms with Gasteiger partial charge in [0.1, 0.15) is 0 Å². The van der Waals surface area contributed by atoms with Crippen LogP contribution in [0.2, 0.25) is 0 Å². The van der Waals surface area contributed by atoms with Crippen molar-refractivity contribution in [2.24, 2.45) is 0 Å². The Labute approximate surface area is 149 Å². The maximum atomic E-state index is 12.3. The fraction of sp³-hybridized carbons (Fsp3) is 0. The molecule has 0 atom stereocenters. The summed E-state index contributed by atoms with van der Waals surface area (Å²) >= 11 is 0. The van der Waals surface area contributed by atoms with Gasteiger partial charge in [0.05, 0.1) is 5.56 Å². The summed E-state index contributed by atoms with van der Waals surface area (Å²) in [7, 11) is 0. The van der Waals surface area contributed by atoms with Crippen LogP contribution in [0.4, 0.5) is 11.9 Å². The number of carbonyl (C=O) groups is 1. The van der Waals surface area contributed by atoms with Crippen molar-refractivity contribution in [1.82, 2.24) is 19.9 Å². The van der Waals surface area contributed by atoms with Crippen molar-refractivity contribution >= 4 is 28.6 Å². The predicted molar refractivity (Wildman–Crippen MR) is 99.4 cm³/mol. The van der Waals surface area contributed by atoms with Crippen molar-refractivity contribution in [2.75, 3.05) is 11.1 Å². The van der Waals surface area contributed by atoms with Gasteiger partial charge < -0.3 is 5.73 Å². The van der Waals surface area contributed by atoms with Gasteiger partial charge >= 0.3 is 0 Å². The lowest BCUT2D eigenvalue weighted by Gasteiger charge is -2.07. The number of amides is 1. The number of pyridine rings is 1. The molecule has 4 rings (SSSR count). The second kappa shape index (κ2) is 6.56. The molecule has 0 saturated heterocycles. The monoisotopic (exact) mass is 342 g/mol. The van der Waals surface area contributed by atoms with Crippen LogP contribution < -0.4 is 11.1 Å². The molecule has 4 aromatic rings. The van der Waals surface area contributed by atoms with Crippen LogP contribution in [0.25, 0.3) is 22.2 Å². The van der Waals surface area contributed by atoms with E-state index in [1.54, 1.807) is 18.3 Å². The van der Waals surface area contributed by atoms with Gasteiger partial charge in [0.25, 0.3) is 5.91 Å². The van der Waals surface area contributed by atoms with Crippen LogP contribution in [-0.4, -0.2) is 25.8 Å². The van der Waals surface area contributed by atoms with Gasteiger partial charge in [-0.1, -0.05) is 36.4 Å². The number of hydrogen-bond donors (Lipinski definition) is 2. The van der Waals surface area contributed by atoms with Crippen LogP contribution in [0, 0.1) is 0 Å². The number of nitrogens with zero attached hydrogens (tertiary/aromatic N) is 4. The molecule has 0 aliphatic heterocycles. The summed E-state index contributed by atoms with van der Waals surface area (Å²) in [5, 5.41) is 4.80. The van der Waals surface area contributed by atoms with E-state index in [4.69, 9.17) is 5.73 Å². The van der Waals surface area contributed by atoms with Gasteiger partial charge in [-0.2, -0.15) is 15.0 Å². The van der Waals surface area contributed by atoms with Crippen molar-refractivity contribution in [1.29, 1.82) is 0 Å². The van der Waals surface area contributed by atoms with Crippen LogP contribution in [-0.2, 0) is 0 Å². The van der Waals surface area contributed by atoms with Crippen molar-refractivity contribution < 1.29 is 4.79 Å². The van der Waals surface area contributed by atoms with Gasteiger partial charge in [-0.15, -0.1) is 0 Å².